The van der Waals surface area contributed by atoms with Gasteiger partial charge in [-0.3, -0.25) is 9.36 Å². The van der Waals surface area contributed by atoms with Crippen LogP contribution in [0.2, 0.25) is 0 Å². The quantitative estimate of drug-likeness (QED) is 0.197. The van der Waals surface area contributed by atoms with E-state index in [1.54, 1.807) is 39.5 Å². The van der Waals surface area contributed by atoms with E-state index in [0.29, 0.717) is 28.0 Å². The molecule has 0 spiro atoms. The zero-order valence-electron chi connectivity index (χ0n) is 20.0. The van der Waals surface area contributed by atoms with E-state index in [4.69, 9.17) is 14.2 Å². The SMILES string of the molecule is COc1ccc(-n2c(SCC(=O)NN=Cc3ccc(OC)cc3OC)nnc2-c2ccccc2)cc1. The smallest absolute Gasteiger partial charge is 0.250 e. The Bertz CT molecular complexity index is 1340. The number of aromatic nitrogens is 3. The number of nitrogens with zero attached hydrogens (tertiary/aromatic N) is 4. The monoisotopic (exact) mass is 503 g/mol. The van der Waals surface area contributed by atoms with Crippen molar-refractivity contribution in [3.05, 3.63) is 78.4 Å². The molecule has 0 radical (unpaired) electrons. The summed E-state index contributed by atoms with van der Waals surface area (Å²) in [4.78, 5) is 12.5. The second kappa shape index (κ2) is 11.9. The van der Waals surface area contributed by atoms with E-state index in [1.165, 1.54) is 18.0 Å². The Kier molecular flexibility index (Phi) is 8.20. The Balaban J connectivity index is 1.48. The van der Waals surface area contributed by atoms with Gasteiger partial charge >= 0.3 is 0 Å². The topological polar surface area (TPSA) is 99.9 Å². The van der Waals surface area contributed by atoms with E-state index in [0.717, 1.165) is 17.0 Å². The van der Waals surface area contributed by atoms with Crippen molar-refractivity contribution in [2.45, 2.75) is 5.16 Å². The van der Waals surface area contributed by atoms with E-state index in [2.05, 4.69) is 20.7 Å². The van der Waals surface area contributed by atoms with Gasteiger partial charge in [-0.2, -0.15) is 5.10 Å². The summed E-state index contributed by atoms with van der Waals surface area (Å²) in [5.41, 5.74) is 5.02. The molecule has 3 aromatic carbocycles. The van der Waals surface area contributed by atoms with Crippen molar-refractivity contribution in [2.75, 3.05) is 27.1 Å². The molecule has 0 saturated heterocycles. The Hall–Kier alpha value is -4.31. The van der Waals surface area contributed by atoms with Crippen molar-refractivity contribution < 1.29 is 19.0 Å². The standard InChI is InChI=1S/C26H25N5O4S/c1-33-21-13-10-20(11-14-21)31-25(18-7-5-4-6-8-18)29-30-26(31)36-17-24(32)28-27-16-19-9-12-22(34-2)15-23(19)35-3/h4-16H,17H2,1-3H3,(H,28,32). The minimum atomic E-state index is -0.283. The third-order valence-electron chi connectivity index (χ3n) is 5.16. The van der Waals surface area contributed by atoms with Crippen LogP contribution in [0.4, 0.5) is 0 Å². The van der Waals surface area contributed by atoms with Crippen molar-refractivity contribution in [3.8, 4) is 34.3 Å². The average Bonchev–Trinajstić information content (AvgIpc) is 3.36. The van der Waals surface area contributed by atoms with E-state index in [1.807, 2.05) is 59.2 Å². The second-order valence-electron chi connectivity index (χ2n) is 7.40. The molecule has 1 N–H and O–H groups in total. The summed E-state index contributed by atoms with van der Waals surface area (Å²) in [5.74, 6) is 2.49. The molecule has 0 aliphatic heterocycles. The Morgan fingerprint density at radius 3 is 2.36 bits per heavy atom. The molecule has 0 bridgehead atoms. The number of benzene rings is 3. The highest BCUT2D eigenvalue weighted by Crippen LogP contribution is 2.29. The number of rotatable bonds is 10. The summed E-state index contributed by atoms with van der Waals surface area (Å²) in [6.45, 7) is 0. The Labute approximate surface area is 213 Å². The first-order chi connectivity index (χ1) is 17.6. The van der Waals surface area contributed by atoms with Crippen LogP contribution in [-0.4, -0.2) is 54.0 Å². The van der Waals surface area contributed by atoms with E-state index in [-0.39, 0.29) is 11.7 Å². The van der Waals surface area contributed by atoms with Gasteiger partial charge < -0.3 is 14.2 Å². The average molecular weight is 504 g/mol. The van der Waals surface area contributed by atoms with Crippen molar-refractivity contribution in [1.82, 2.24) is 20.2 Å². The molecule has 1 amide bonds. The second-order valence-corrected chi connectivity index (χ2v) is 8.34. The van der Waals surface area contributed by atoms with Crippen molar-refractivity contribution in [3.63, 3.8) is 0 Å². The molecule has 36 heavy (non-hydrogen) atoms. The van der Waals surface area contributed by atoms with Crippen LogP contribution in [0.1, 0.15) is 5.56 Å². The minimum absolute atomic E-state index is 0.0974. The molecule has 10 heteroatoms. The van der Waals surface area contributed by atoms with Gasteiger partial charge in [0, 0.05) is 22.9 Å². The molecule has 0 aliphatic rings. The normalized spacial score (nSPS) is 10.9. The molecular formula is C26H25N5O4S. The third-order valence-corrected chi connectivity index (χ3v) is 6.09. The molecule has 4 aromatic rings. The van der Waals surface area contributed by atoms with Crippen molar-refractivity contribution in [1.29, 1.82) is 0 Å². The van der Waals surface area contributed by atoms with Crippen molar-refractivity contribution in [2.24, 2.45) is 5.10 Å². The number of hydrogen-bond acceptors (Lipinski definition) is 8. The van der Waals surface area contributed by atoms with E-state index in [9.17, 15) is 4.79 Å². The van der Waals surface area contributed by atoms with Gasteiger partial charge in [-0.05, 0) is 36.4 Å². The first-order valence-corrected chi connectivity index (χ1v) is 11.9. The molecule has 0 aliphatic carbocycles. The summed E-state index contributed by atoms with van der Waals surface area (Å²) in [6.07, 6.45) is 1.52. The van der Waals surface area contributed by atoms with Gasteiger partial charge in [0.05, 0.1) is 33.3 Å². The van der Waals surface area contributed by atoms with Crippen LogP contribution in [-0.2, 0) is 4.79 Å². The number of methoxy groups -OCH3 is 3. The largest absolute Gasteiger partial charge is 0.497 e. The van der Waals surface area contributed by atoms with Gasteiger partial charge in [0.25, 0.3) is 5.91 Å². The number of carbonyl (C=O) groups is 1. The number of hydrogen-bond donors (Lipinski definition) is 1. The highest BCUT2D eigenvalue weighted by atomic mass is 32.2. The molecule has 4 rings (SSSR count). The maximum atomic E-state index is 12.5. The van der Waals surface area contributed by atoms with Crippen molar-refractivity contribution >= 4 is 23.9 Å². The lowest BCUT2D eigenvalue weighted by molar-refractivity contribution is -0.118. The summed E-state index contributed by atoms with van der Waals surface area (Å²) in [7, 11) is 4.76. The fraction of sp³-hybridized carbons (Fsp3) is 0.154. The lowest BCUT2D eigenvalue weighted by Crippen LogP contribution is -2.20. The van der Waals surface area contributed by atoms with Crippen LogP contribution in [0.25, 0.3) is 17.1 Å². The fourth-order valence-corrected chi connectivity index (χ4v) is 4.11. The van der Waals surface area contributed by atoms with Gasteiger partial charge in [0.2, 0.25) is 0 Å². The number of ether oxygens (including phenoxy) is 3. The van der Waals surface area contributed by atoms with Crippen LogP contribution in [0, 0.1) is 0 Å². The summed E-state index contributed by atoms with van der Waals surface area (Å²) < 4.78 is 17.7. The lowest BCUT2D eigenvalue weighted by atomic mass is 10.2. The maximum Gasteiger partial charge on any atom is 0.250 e. The number of nitrogens with one attached hydrogen (secondary N) is 1. The summed E-state index contributed by atoms with van der Waals surface area (Å²) in [5, 5.41) is 13.4. The van der Waals surface area contributed by atoms with Gasteiger partial charge in [-0.25, -0.2) is 5.43 Å². The summed E-state index contributed by atoms with van der Waals surface area (Å²) >= 11 is 1.27. The number of hydrazone groups is 1. The molecule has 0 unspecified atom stereocenters. The molecule has 184 valence electrons. The maximum absolute atomic E-state index is 12.5. The van der Waals surface area contributed by atoms with Crippen LogP contribution < -0.4 is 19.6 Å². The zero-order chi connectivity index (χ0) is 25.3. The zero-order valence-corrected chi connectivity index (χ0v) is 20.9. The lowest BCUT2D eigenvalue weighted by Gasteiger charge is -2.11. The van der Waals surface area contributed by atoms with Gasteiger partial charge in [0.15, 0.2) is 11.0 Å². The minimum Gasteiger partial charge on any atom is -0.497 e. The molecular weight excluding hydrogens is 478 g/mol. The van der Waals surface area contributed by atoms with Crippen LogP contribution in [0.5, 0.6) is 17.2 Å². The third kappa shape index (κ3) is 5.84. The molecule has 9 nitrogen and oxygen atoms in total. The van der Waals surface area contributed by atoms with Crippen LogP contribution >= 0.6 is 11.8 Å². The number of thioether (sulfide) groups is 1. The predicted molar refractivity (Wildman–Crippen MR) is 139 cm³/mol. The summed E-state index contributed by atoms with van der Waals surface area (Å²) in [6, 6.07) is 22.7. The highest BCUT2D eigenvalue weighted by molar-refractivity contribution is 7.99. The number of amides is 1. The molecule has 0 atom stereocenters. The number of carbonyl (C=O) groups excluding carboxylic acids is 1. The molecule has 0 saturated carbocycles. The Morgan fingerprint density at radius 2 is 1.67 bits per heavy atom. The predicted octanol–water partition coefficient (Wildman–Crippen LogP) is 4.20. The van der Waals surface area contributed by atoms with Crippen LogP contribution in [0.15, 0.2) is 83.1 Å². The molecule has 1 aromatic heterocycles. The fourth-order valence-electron chi connectivity index (χ4n) is 3.36. The first-order valence-electron chi connectivity index (χ1n) is 10.9. The van der Waals surface area contributed by atoms with Gasteiger partial charge in [0.1, 0.15) is 17.2 Å². The van der Waals surface area contributed by atoms with Gasteiger partial charge in [-0.1, -0.05) is 42.1 Å². The van der Waals surface area contributed by atoms with Gasteiger partial charge in [-0.15, -0.1) is 10.2 Å². The Morgan fingerprint density at radius 1 is 0.944 bits per heavy atom. The van der Waals surface area contributed by atoms with E-state index < -0.39 is 0 Å². The van der Waals surface area contributed by atoms with Crippen LogP contribution in [0.3, 0.4) is 0 Å². The molecule has 0 fully saturated rings. The first kappa shape index (κ1) is 24.8. The molecule has 1 heterocycles. The van der Waals surface area contributed by atoms with E-state index >= 15 is 0 Å². The highest BCUT2D eigenvalue weighted by Gasteiger charge is 2.17.